The number of hydrogen-bond acceptors (Lipinski definition) is 3. The molecule has 3 heterocycles. The summed E-state index contributed by atoms with van der Waals surface area (Å²) < 4.78 is 2.00. The Morgan fingerprint density at radius 2 is 2.18 bits per heavy atom. The monoisotopic (exact) mass is 299 g/mol. The van der Waals surface area contributed by atoms with Gasteiger partial charge in [0.2, 0.25) is 0 Å². The van der Waals surface area contributed by atoms with Crippen LogP contribution in [0.5, 0.6) is 0 Å². The SMILES string of the molecule is CCC(=O)c1c(C)c(C(C)C2CCNCC2)n2ncccc12. The summed E-state index contributed by atoms with van der Waals surface area (Å²) in [6.07, 6.45) is 4.73. The zero-order chi connectivity index (χ0) is 15.7. The number of Topliss-reactive ketones (excluding diaryl/α,β-unsaturated/α-hetero) is 1. The van der Waals surface area contributed by atoms with Gasteiger partial charge < -0.3 is 5.32 Å². The second-order valence-corrected chi connectivity index (χ2v) is 6.36. The van der Waals surface area contributed by atoms with E-state index in [1.807, 2.05) is 29.8 Å². The molecule has 2 aromatic heterocycles. The Morgan fingerprint density at radius 1 is 1.45 bits per heavy atom. The maximum absolute atomic E-state index is 12.4. The molecule has 0 aliphatic carbocycles. The molecule has 118 valence electrons. The fourth-order valence-electron chi connectivity index (χ4n) is 3.86. The van der Waals surface area contributed by atoms with Crippen LogP contribution >= 0.6 is 0 Å². The highest BCUT2D eigenvalue weighted by atomic mass is 16.1. The van der Waals surface area contributed by atoms with Crippen molar-refractivity contribution in [1.29, 1.82) is 0 Å². The molecule has 0 bridgehead atoms. The number of hydrogen-bond donors (Lipinski definition) is 1. The first-order valence-corrected chi connectivity index (χ1v) is 8.35. The highest BCUT2D eigenvalue weighted by molar-refractivity contribution is 6.04. The van der Waals surface area contributed by atoms with Crippen LogP contribution in [0.1, 0.15) is 60.6 Å². The number of fused-ring (bicyclic) bond motifs is 1. The van der Waals surface area contributed by atoms with Crippen LogP contribution in [-0.2, 0) is 0 Å². The molecule has 0 saturated carbocycles. The summed E-state index contributed by atoms with van der Waals surface area (Å²) >= 11 is 0. The smallest absolute Gasteiger partial charge is 0.165 e. The van der Waals surface area contributed by atoms with Crippen LogP contribution in [0, 0.1) is 12.8 Å². The van der Waals surface area contributed by atoms with Crippen molar-refractivity contribution in [2.24, 2.45) is 5.92 Å². The number of nitrogens with zero attached hydrogens (tertiary/aromatic N) is 2. The van der Waals surface area contributed by atoms with Crippen molar-refractivity contribution in [3.63, 3.8) is 0 Å². The van der Waals surface area contributed by atoms with Gasteiger partial charge in [0.1, 0.15) is 0 Å². The van der Waals surface area contributed by atoms with E-state index in [9.17, 15) is 4.79 Å². The van der Waals surface area contributed by atoms with Crippen molar-refractivity contribution >= 4 is 11.3 Å². The van der Waals surface area contributed by atoms with E-state index in [4.69, 9.17) is 0 Å². The lowest BCUT2D eigenvalue weighted by Crippen LogP contribution is -2.30. The molecule has 1 N–H and O–H groups in total. The Hall–Kier alpha value is -1.68. The van der Waals surface area contributed by atoms with Gasteiger partial charge in [0.25, 0.3) is 0 Å². The highest BCUT2D eigenvalue weighted by Crippen LogP contribution is 2.36. The van der Waals surface area contributed by atoms with E-state index in [0.717, 1.165) is 29.7 Å². The van der Waals surface area contributed by atoms with E-state index in [1.165, 1.54) is 18.5 Å². The molecule has 4 nitrogen and oxygen atoms in total. The first-order chi connectivity index (χ1) is 10.6. The maximum atomic E-state index is 12.4. The fraction of sp³-hybridized carbons (Fsp3) is 0.556. The van der Waals surface area contributed by atoms with Gasteiger partial charge in [-0.2, -0.15) is 5.10 Å². The van der Waals surface area contributed by atoms with Gasteiger partial charge in [0, 0.05) is 29.8 Å². The van der Waals surface area contributed by atoms with Crippen LogP contribution in [0.3, 0.4) is 0 Å². The quantitative estimate of drug-likeness (QED) is 0.881. The first-order valence-electron chi connectivity index (χ1n) is 8.35. The van der Waals surface area contributed by atoms with Crippen molar-refractivity contribution in [2.45, 2.75) is 46.0 Å². The summed E-state index contributed by atoms with van der Waals surface area (Å²) in [4.78, 5) is 12.4. The summed E-state index contributed by atoms with van der Waals surface area (Å²) in [7, 11) is 0. The molecule has 3 rings (SSSR count). The Labute approximate surface area is 131 Å². The molecule has 0 aromatic carbocycles. The minimum absolute atomic E-state index is 0.215. The van der Waals surface area contributed by atoms with Gasteiger partial charge >= 0.3 is 0 Å². The zero-order valence-electron chi connectivity index (χ0n) is 13.7. The average Bonchev–Trinajstić information content (AvgIpc) is 2.86. The first kappa shape index (κ1) is 15.2. The predicted octanol–water partition coefficient (Wildman–Crippen LogP) is 3.34. The molecule has 1 saturated heterocycles. The summed E-state index contributed by atoms with van der Waals surface area (Å²) in [5, 5.41) is 7.97. The van der Waals surface area contributed by atoms with Crippen molar-refractivity contribution in [3.05, 3.63) is 35.2 Å². The van der Waals surface area contributed by atoms with E-state index in [2.05, 4.69) is 24.3 Å². The standard InChI is InChI=1S/C18H25N3O/c1-4-16(22)17-13(3)18(21-15(17)6-5-9-20-21)12(2)14-7-10-19-11-8-14/h5-6,9,12,14,19H,4,7-8,10-11H2,1-3H3. The second kappa shape index (κ2) is 6.21. The number of rotatable bonds is 4. The van der Waals surface area contributed by atoms with E-state index in [1.54, 1.807) is 0 Å². The maximum Gasteiger partial charge on any atom is 0.165 e. The number of aromatic nitrogens is 2. The number of piperidine rings is 1. The number of nitrogens with one attached hydrogen (secondary N) is 1. The zero-order valence-corrected chi connectivity index (χ0v) is 13.7. The third kappa shape index (κ3) is 2.45. The van der Waals surface area contributed by atoms with Gasteiger partial charge in [-0.15, -0.1) is 0 Å². The van der Waals surface area contributed by atoms with Crippen LogP contribution < -0.4 is 5.32 Å². The van der Waals surface area contributed by atoms with Crippen molar-refractivity contribution in [1.82, 2.24) is 14.9 Å². The van der Waals surface area contributed by atoms with E-state index in [-0.39, 0.29) is 5.78 Å². The number of ketones is 1. The van der Waals surface area contributed by atoms with Crippen LogP contribution in [0.2, 0.25) is 0 Å². The van der Waals surface area contributed by atoms with Crippen molar-refractivity contribution in [2.75, 3.05) is 13.1 Å². The molecule has 0 spiro atoms. The van der Waals surface area contributed by atoms with Crippen LogP contribution in [0.4, 0.5) is 0 Å². The minimum atomic E-state index is 0.215. The lowest BCUT2D eigenvalue weighted by molar-refractivity contribution is 0.0989. The summed E-state index contributed by atoms with van der Waals surface area (Å²) in [6, 6.07) is 3.93. The topological polar surface area (TPSA) is 46.4 Å². The van der Waals surface area contributed by atoms with Gasteiger partial charge in [-0.05, 0) is 56.5 Å². The second-order valence-electron chi connectivity index (χ2n) is 6.36. The Morgan fingerprint density at radius 3 is 2.86 bits per heavy atom. The Bertz CT molecular complexity index is 683. The molecule has 2 aromatic rings. The lowest BCUT2D eigenvalue weighted by Gasteiger charge is -2.28. The van der Waals surface area contributed by atoms with E-state index >= 15 is 0 Å². The van der Waals surface area contributed by atoms with E-state index in [0.29, 0.717) is 18.3 Å². The van der Waals surface area contributed by atoms with Gasteiger partial charge in [-0.25, -0.2) is 4.52 Å². The Balaban J connectivity index is 2.12. The molecule has 22 heavy (non-hydrogen) atoms. The minimum Gasteiger partial charge on any atom is -0.317 e. The number of carbonyl (C=O) groups is 1. The molecule has 1 aliphatic rings. The van der Waals surface area contributed by atoms with Gasteiger partial charge in [0.05, 0.1) is 5.52 Å². The average molecular weight is 299 g/mol. The largest absolute Gasteiger partial charge is 0.317 e. The van der Waals surface area contributed by atoms with Crippen LogP contribution in [-0.4, -0.2) is 28.5 Å². The fourth-order valence-corrected chi connectivity index (χ4v) is 3.86. The van der Waals surface area contributed by atoms with Gasteiger partial charge in [-0.3, -0.25) is 4.79 Å². The van der Waals surface area contributed by atoms with Crippen LogP contribution in [0.15, 0.2) is 18.3 Å². The highest BCUT2D eigenvalue weighted by Gasteiger charge is 2.28. The third-order valence-electron chi connectivity index (χ3n) is 5.12. The molecule has 1 atom stereocenters. The summed E-state index contributed by atoms with van der Waals surface area (Å²) in [5.74, 6) is 1.29. The molecule has 1 fully saturated rings. The molecule has 0 amide bonds. The van der Waals surface area contributed by atoms with Crippen LogP contribution in [0.25, 0.3) is 5.52 Å². The van der Waals surface area contributed by atoms with Crippen molar-refractivity contribution in [3.8, 4) is 0 Å². The molecule has 4 heteroatoms. The molecular weight excluding hydrogens is 274 g/mol. The third-order valence-corrected chi connectivity index (χ3v) is 5.12. The summed E-state index contributed by atoms with van der Waals surface area (Å²) in [5.41, 5.74) is 4.17. The van der Waals surface area contributed by atoms with Gasteiger partial charge in [0.15, 0.2) is 5.78 Å². The van der Waals surface area contributed by atoms with Gasteiger partial charge in [-0.1, -0.05) is 13.8 Å². The molecule has 0 radical (unpaired) electrons. The lowest BCUT2D eigenvalue weighted by atomic mass is 9.82. The molecule has 1 aliphatic heterocycles. The number of carbonyl (C=O) groups excluding carboxylic acids is 1. The predicted molar refractivity (Wildman–Crippen MR) is 88.6 cm³/mol. The summed E-state index contributed by atoms with van der Waals surface area (Å²) in [6.45, 7) is 8.48. The van der Waals surface area contributed by atoms with E-state index < -0.39 is 0 Å². The Kier molecular flexibility index (Phi) is 4.30. The normalized spacial score (nSPS) is 17.8. The molecule has 1 unspecified atom stereocenters. The molecular formula is C18H25N3O. The van der Waals surface area contributed by atoms with Crippen molar-refractivity contribution < 1.29 is 4.79 Å².